The van der Waals surface area contributed by atoms with Crippen molar-refractivity contribution in [2.24, 2.45) is 5.14 Å². The highest BCUT2D eigenvalue weighted by Gasteiger charge is 2.00. The van der Waals surface area contributed by atoms with Crippen LogP contribution in [0, 0.1) is 0 Å². The van der Waals surface area contributed by atoms with E-state index in [-0.39, 0.29) is 5.75 Å². The van der Waals surface area contributed by atoms with Gasteiger partial charge in [-0.15, -0.1) is 0 Å². The first-order valence-electron chi connectivity index (χ1n) is 9.21. The summed E-state index contributed by atoms with van der Waals surface area (Å²) in [6.45, 7) is 2.26. The van der Waals surface area contributed by atoms with Gasteiger partial charge in [-0.25, -0.2) is 13.6 Å². The molecule has 0 bridgehead atoms. The quantitative estimate of drug-likeness (QED) is 0.307. The second kappa shape index (κ2) is 15.5. The first-order valence-corrected chi connectivity index (χ1v) is 10.9. The van der Waals surface area contributed by atoms with Gasteiger partial charge in [0.25, 0.3) is 0 Å². The summed E-state index contributed by atoms with van der Waals surface area (Å²) in [6.07, 6.45) is 21.8. The highest BCUT2D eigenvalue weighted by molar-refractivity contribution is 7.89. The Labute approximate surface area is 138 Å². The third-order valence-corrected chi connectivity index (χ3v) is 4.80. The molecule has 0 aliphatic carbocycles. The number of primary sulfonamides is 1. The molecule has 0 aromatic rings. The van der Waals surface area contributed by atoms with E-state index < -0.39 is 10.0 Å². The SMILES string of the molecule is CCCCCCCC/C=C\CCCCCCCCS(N)(=O)=O. The molecule has 0 aromatic carbocycles. The molecule has 0 unspecified atom stereocenters. The minimum Gasteiger partial charge on any atom is -0.229 e. The van der Waals surface area contributed by atoms with Crippen LogP contribution in [0.5, 0.6) is 0 Å². The van der Waals surface area contributed by atoms with Crippen molar-refractivity contribution < 1.29 is 8.42 Å². The van der Waals surface area contributed by atoms with E-state index in [2.05, 4.69) is 19.1 Å². The van der Waals surface area contributed by atoms with Crippen LogP contribution in [0.15, 0.2) is 12.2 Å². The van der Waals surface area contributed by atoms with Crippen molar-refractivity contribution in [2.75, 3.05) is 5.75 Å². The van der Waals surface area contributed by atoms with Gasteiger partial charge in [0.05, 0.1) is 5.75 Å². The monoisotopic (exact) mass is 331 g/mol. The van der Waals surface area contributed by atoms with Gasteiger partial charge in [0.15, 0.2) is 0 Å². The molecule has 0 radical (unpaired) electrons. The highest BCUT2D eigenvalue weighted by atomic mass is 32.2. The van der Waals surface area contributed by atoms with Crippen LogP contribution in [0.2, 0.25) is 0 Å². The summed E-state index contributed by atoms with van der Waals surface area (Å²) in [6, 6.07) is 0. The molecule has 0 saturated carbocycles. The van der Waals surface area contributed by atoms with Crippen molar-refractivity contribution in [1.29, 1.82) is 0 Å². The number of nitrogens with two attached hydrogens (primary N) is 1. The van der Waals surface area contributed by atoms with Crippen molar-refractivity contribution in [3.8, 4) is 0 Å². The molecule has 22 heavy (non-hydrogen) atoms. The van der Waals surface area contributed by atoms with Gasteiger partial charge in [-0.05, 0) is 32.1 Å². The van der Waals surface area contributed by atoms with Gasteiger partial charge in [0.1, 0.15) is 0 Å². The standard InChI is InChI=1S/C18H37NO2S/c1-2-3-4-5-6-7-8-9-10-11-12-13-14-15-16-17-18-22(19,20)21/h9-10H,2-8,11-18H2,1H3,(H2,19,20,21)/b10-9-. The number of unbranched alkanes of at least 4 members (excludes halogenated alkanes) is 12. The Kier molecular flexibility index (Phi) is 15.3. The fourth-order valence-corrected chi connectivity index (χ4v) is 3.16. The maximum Gasteiger partial charge on any atom is 0.209 e. The van der Waals surface area contributed by atoms with E-state index in [0.717, 1.165) is 12.8 Å². The molecular formula is C18H37NO2S. The van der Waals surface area contributed by atoms with E-state index in [0.29, 0.717) is 6.42 Å². The van der Waals surface area contributed by atoms with Crippen LogP contribution in [0.4, 0.5) is 0 Å². The molecule has 0 heterocycles. The molecule has 0 saturated heterocycles. The zero-order chi connectivity index (χ0) is 16.5. The van der Waals surface area contributed by atoms with Crippen LogP contribution < -0.4 is 5.14 Å². The van der Waals surface area contributed by atoms with Crippen molar-refractivity contribution in [3.63, 3.8) is 0 Å². The van der Waals surface area contributed by atoms with E-state index in [1.54, 1.807) is 0 Å². The average molecular weight is 332 g/mol. The van der Waals surface area contributed by atoms with Crippen LogP contribution in [0.1, 0.15) is 96.8 Å². The van der Waals surface area contributed by atoms with Crippen molar-refractivity contribution >= 4 is 10.0 Å². The molecular weight excluding hydrogens is 294 g/mol. The van der Waals surface area contributed by atoms with Gasteiger partial charge in [0, 0.05) is 0 Å². The lowest BCUT2D eigenvalue weighted by Crippen LogP contribution is -2.16. The van der Waals surface area contributed by atoms with Crippen molar-refractivity contribution in [3.05, 3.63) is 12.2 Å². The van der Waals surface area contributed by atoms with E-state index in [1.807, 2.05) is 0 Å². The lowest BCUT2D eigenvalue weighted by molar-refractivity contribution is 0.582. The first-order chi connectivity index (χ1) is 10.6. The molecule has 0 atom stereocenters. The number of allylic oxidation sites excluding steroid dienone is 2. The van der Waals surface area contributed by atoms with E-state index in [4.69, 9.17) is 5.14 Å². The zero-order valence-electron chi connectivity index (χ0n) is 14.6. The summed E-state index contributed by atoms with van der Waals surface area (Å²) in [7, 11) is -3.25. The maximum absolute atomic E-state index is 10.7. The molecule has 0 fully saturated rings. The van der Waals surface area contributed by atoms with Crippen LogP contribution in [0.25, 0.3) is 0 Å². The van der Waals surface area contributed by atoms with Crippen LogP contribution in [0.3, 0.4) is 0 Å². The Morgan fingerprint density at radius 1 is 0.682 bits per heavy atom. The molecule has 132 valence electrons. The molecule has 0 rings (SSSR count). The Morgan fingerprint density at radius 2 is 1.09 bits per heavy atom. The second-order valence-corrected chi connectivity index (χ2v) is 8.04. The molecule has 0 aliphatic rings. The van der Waals surface area contributed by atoms with Crippen LogP contribution in [-0.2, 0) is 10.0 Å². The molecule has 0 aliphatic heterocycles. The lowest BCUT2D eigenvalue weighted by Gasteiger charge is -2.00. The summed E-state index contributed by atoms with van der Waals surface area (Å²) < 4.78 is 21.5. The Balaban J connectivity index is 3.14. The van der Waals surface area contributed by atoms with Gasteiger partial charge < -0.3 is 0 Å². The van der Waals surface area contributed by atoms with Gasteiger partial charge >= 0.3 is 0 Å². The largest absolute Gasteiger partial charge is 0.229 e. The average Bonchev–Trinajstić information content (AvgIpc) is 2.45. The second-order valence-electron chi connectivity index (χ2n) is 6.30. The van der Waals surface area contributed by atoms with Gasteiger partial charge in [-0.2, -0.15) is 0 Å². The van der Waals surface area contributed by atoms with E-state index >= 15 is 0 Å². The lowest BCUT2D eigenvalue weighted by atomic mass is 10.1. The van der Waals surface area contributed by atoms with Crippen molar-refractivity contribution in [2.45, 2.75) is 96.8 Å². The predicted molar refractivity (Wildman–Crippen MR) is 97.4 cm³/mol. The molecule has 0 amide bonds. The Bertz CT molecular complexity index is 350. The van der Waals surface area contributed by atoms with Gasteiger partial charge in [0.2, 0.25) is 10.0 Å². The summed E-state index contributed by atoms with van der Waals surface area (Å²) in [4.78, 5) is 0. The van der Waals surface area contributed by atoms with Crippen LogP contribution >= 0.6 is 0 Å². The Hall–Kier alpha value is -0.350. The zero-order valence-corrected chi connectivity index (χ0v) is 15.4. The summed E-state index contributed by atoms with van der Waals surface area (Å²) >= 11 is 0. The summed E-state index contributed by atoms with van der Waals surface area (Å²) in [5.41, 5.74) is 0. The topological polar surface area (TPSA) is 60.2 Å². The van der Waals surface area contributed by atoms with Gasteiger partial charge in [-0.3, -0.25) is 0 Å². The fourth-order valence-electron chi connectivity index (χ4n) is 2.55. The third kappa shape index (κ3) is 19.7. The van der Waals surface area contributed by atoms with Gasteiger partial charge in [-0.1, -0.05) is 76.9 Å². The summed E-state index contributed by atoms with van der Waals surface area (Å²) in [5.74, 6) is 0.133. The van der Waals surface area contributed by atoms with E-state index in [1.165, 1.54) is 70.6 Å². The van der Waals surface area contributed by atoms with E-state index in [9.17, 15) is 8.42 Å². The number of hydrogen-bond donors (Lipinski definition) is 1. The Morgan fingerprint density at radius 3 is 1.55 bits per heavy atom. The molecule has 0 spiro atoms. The number of rotatable bonds is 16. The molecule has 0 aromatic heterocycles. The first kappa shape index (κ1) is 21.6. The molecule has 3 nitrogen and oxygen atoms in total. The van der Waals surface area contributed by atoms with Crippen molar-refractivity contribution in [1.82, 2.24) is 0 Å². The number of hydrogen-bond acceptors (Lipinski definition) is 2. The third-order valence-electron chi connectivity index (χ3n) is 3.94. The normalized spacial score (nSPS) is 12.3. The fraction of sp³-hybridized carbons (Fsp3) is 0.889. The number of sulfonamides is 1. The molecule has 4 heteroatoms. The van der Waals surface area contributed by atoms with Crippen LogP contribution in [-0.4, -0.2) is 14.2 Å². The maximum atomic E-state index is 10.7. The minimum atomic E-state index is -3.25. The molecule has 2 N–H and O–H groups in total. The highest BCUT2D eigenvalue weighted by Crippen LogP contribution is 2.10. The minimum absolute atomic E-state index is 0.133. The predicted octanol–water partition coefficient (Wildman–Crippen LogP) is 5.31. The smallest absolute Gasteiger partial charge is 0.209 e. The summed E-state index contributed by atoms with van der Waals surface area (Å²) in [5, 5.41) is 4.96.